The molecule has 2 aromatic carbocycles. The SMILES string of the molecule is NC(=O)COc1ccc(C=NNC(=O)c2ccc(F)cc2)cc1Cl. The van der Waals surface area contributed by atoms with E-state index in [1.54, 1.807) is 18.2 Å². The maximum Gasteiger partial charge on any atom is 0.271 e. The first-order valence-corrected chi connectivity index (χ1v) is 7.13. The maximum absolute atomic E-state index is 12.8. The number of ether oxygens (including phenoxy) is 1. The number of hydrogen-bond donors (Lipinski definition) is 2. The zero-order chi connectivity index (χ0) is 17.5. The Hall–Kier alpha value is -2.93. The number of nitrogens with two attached hydrogens (primary N) is 1. The van der Waals surface area contributed by atoms with Crippen LogP contribution in [0.5, 0.6) is 5.75 Å². The molecule has 0 bridgehead atoms. The largest absolute Gasteiger partial charge is 0.482 e. The number of carbonyl (C=O) groups excluding carboxylic acids is 2. The third-order valence-corrected chi connectivity index (χ3v) is 3.11. The van der Waals surface area contributed by atoms with Crippen LogP contribution in [0.2, 0.25) is 5.02 Å². The third kappa shape index (κ3) is 5.06. The number of nitrogens with one attached hydrogen (secondary N) is 1. The van der Waals surface area contributed by atoms with Crippen molar-refractivity contribution < 1.29 is 18.7 Å². The van der Waals surface area contributed by atoms with E-state index in [1.165, 1.54) is 30.5 Å². The van der Waals surface area contributed by atoms with Crippen LogP contribution in [0.15, 0.2) is 47.6 Å². The van der Waals surface area contributed by atoms with Crippen LogP contribution in [0.1, 0.15) is 15.9 Å². The van der Waals surface area contributed by atoms with Crippen LogP contribution < -0.4 is 15.9 Å². The van der Waals surface area contributed by atoms with Gasteiger partial charge in [-0.25, -0.2) is 9.82 Å². The maximum atomic E-state index is 12.8. The van der Waals surface area contributed by atoms with Crippen molar-refractivity contribution >= 4 is 29.6 Å². The predicted octanol–water partition coefficient (Wildman–Crippen LogP) is 2.11. The van der Waals surface area contributed by atoms with Crippen molar-refractivity contribution in [3.63, 3.8) is 0 Å². The fourth-order valence-electron chi connectivity index (χ4n) is 1.69. The zero-order valence-electron chi connectivity index (χ0n) is 12.3. The first-order chi connectivity index (χ1) is 11.5. The third-order valence-electron chi connectivity index (χ3n) is 2.81. The van der Waals surface area contributed by atoms with E-state index in [0.717, 1.165) is 0 Å². The minimum absolute atomic E-state index is 0.269. The van der Waals surface area contributed by atoms with Crippen molar-refractivity contribution in [1.82, 2.24) is 5.43 Å². The summed E-state index contributed by atoms with van der Waals surface area (Å²) in [5.74, 6) is -1.20. The van der Waals surface area contributed by atoms with E-state index >= 15 is 0 Å². The van der Waals surface area contributed by atoms with Gasteiger partial charge in [0.05, 0.1) is 11.2 Å². The fourth-order valence-corrected chi connectivity index (χ4v) is 1.94. The van der Waals surface area contributed by atoms with Gasteiger partial charge < -0.3 is 10.5 Å². The molecule has 0 aromatic heterocycles. The second-order valence-corrected chi connectivity index (χ2v) is 5.06. The molecular formula is C16H13ClFN3O3. The topological polar surface area (TPSA) is 93.8 Å². The molecule has 2 aromatic rings. The summed E-state index contributed by atoms with van der Waals surface area (Å²) < 4.78 is 17.9. The quantitative estimate of drug-likeness (QED) is 0.617. The van der Waals surface area contributed by atoms with E-state index in [4.69, 9.17) is 22.1 Å². The molecule has 0 saturated heterocycles. The first-order valence-electron chi connectivity index (χ1n) is 6.75. The van der Waals surface area contributed by atoms with Crippen LogP contribution in [-0.4, -0.2) is 24.6 Å². The molecule has 6 nitrogen and oxygen atoms in total. The van der Waals surface area contributed by atoms with Gasteiger partial charge in [0.25, 0.3) is 11.8 Å². The van der Waals surface area contributed by atoms with Crippen molar-refractivity contribution in [2.45, 2.75) is 0 Å². The van der Waals surface area contributed by atoms with Gasteiger partial charge in [0.15, 0.2) is 6.61 Å². The van der Waals surface area contributed by atoms with Gasteiger partial charge in [-0.05, 0) is 48.0 Å². The normalized spacial score (nSPS) is 10.6. The summed E-state index contributed by atoms with van der Waals surface area (Å²) in [6.45, 7) is -0.277. The van der Waals surface area contributed by atoms with Gasteiger partial charge in [0.2, 0.25) is 0 Å². The van der Waals surface area contributed by atoms with E-state index < -0.39 is 17.6 Å². The van der Waals surface area contributed by atoms with Gasteiger partial charge in [-0.1, -0.05) is 11.6 Å². The molecule has 0 unspecified atom stereocenters. The van der Waals surface area contributed by atoms with E-state index in [1.807, 2.05) is 0 Å². The average Bonchev–Trinajstić information content (AvgIpc) is 2.54. The van der Waals surface area contributed by atoms with Crippen LogP contribution in [0.4, 0.5) is 4.39 Å². The van der Waals surface area contributed by atoms with E-state index in [2.05, 4.69) is 10.5 Å². The van der Waals surface area contributed by atoms with Gasteiger partial charge in [-0.2, -0.15) is 5.10 Å². The lowest BCUT2D eigenvalue weighted by atomic mass is 10.2. The van der Waals surface area contributed by atoms with Crippen LogP contribution >= 0.6 is 11.6 Å². The zero-order valence-corrected chi connectivity index (χ0v) is 13.1. The molecule has 2 amide bonds. The standard InChI is InChI=1S/C16H13ClFN3O3/c17-13-7-10(1-6-14(13)24-9-15(19)22)8-20-21-16(23)11-2-4-12(18)5-3-11/h1-8H,9H2,(H2,19,22)(H,21,23). The van der Waals surface area contributed by atoms with Gasteiger partial charge in [0, 0.05) is 5.56 Å². The molecule has 0 radical (unpaired) electrons. The highest BCUT2D eigenvalue weighted by Gasteiger charge is 2.05. The number of halogens is 2. The Kier molecular flexibility index (Phi) is 5.86. The molecule has 0 heterocycles. The summed E-state index contributed by atoms with van der Waals surface area (Å²) in [5.41, 5.74) is 8.18. The molecule has 0 aliphatic heterocycles. The molecular weight excluding hydrogens is 337 g/mol. The Morgan fingerprint density at radius 1 is 1.25 bits per heavy atom. The Bertz CT molecular complexity index is 779. The van der Waals surface area contributed by atoms with Crippen LogP contribution in [0, 0.1) is 5.82 Å². The molecule has 0 spiro atoms. The lowest BCUT2D eigenvalue weighted by molar-refractivity contribution is -0.119. The highest BCUT2D eigenvalue weighted by atomic mass is 35.5. The number of rotatable bonds is 6. The Morgan fingerprint density at radius 3 is 2.58 bits per heavy atom. The number of amides is 2. The minimum Gasteiger partial charge on any atom is -0.482 e. The number of hydrogen-bond acceptors (Lipinski definition) is 4. The highest BCUT2D eigenvalue weighted by Crippen LogP contribution is 2.24. The molecule has 0 aliphatic carbocycles. The molecule has 2 rings (SSSR count). The fraction of sp³-hybridized carbons (Fsp3) is 0.0625. The van der Waals surface area contributed by atoms with Crippen LogP contribution in [0.25, 0.3) is 0 Å². The summed E-state index contributed by atoms with van der Waals surface area (Å²) in [6.07, 6.45) is 1.38. The monoisotopic (exact) mass is 349 g/mol. The number of hydrazone groups is 1. The molecule has 3 N–H and O–H groups in total. The van der Waals surface area contributed by atoms with Gasteiger partial charge in [-0.15, -0.1) is 0 Å². The van der Waals surface area contributed by atoms with Crippen molar-refractivity contribution in [1.29, 1.82) is 0 Å². The smallest absolute Gasteiger partial charge is 0.271 e. The summed E-state index contributed by atoms with van der Waals surface area (Å²) in [4.78, 5) is 22.4. The molecule has 124 valence electrons. The van der Waals surface area contributed by atoms with Crippen molar-refractivity contribution in [2.24, 2.45) is 10.8 Å². The summed E-state index contributed by atoms with van der Waals surface area (Å²) in [7, 11) is 0. The lowest BCUT2D eigenvalue weighted by Crippen LogP contribution is -2.20. The molecule has 24 heavy (non-hydrogen) atoms. The summed E-state index contributed by atoms with van der Waals surface area (Å²) in [5, 5.41) is 4.06. The second-order valence-electron chi connectivity index (χ2n) is 4.65. The Balaban J connectivity index is 1.96. The number of nitrogens with zero attached hydrogens (tertiary/aromatic N) is 1. The lowest BCUT2D eigenvalue weighted by Gasteiger charge is -2.06. The second kappa shape index (κ2) is 8.07. The number of primary amides is 1. The van der Waals surface area contributed by atoms with Gasteiger partial charge in [-0.3, -0.25) is 9.59 Å². The van der Waals surface area contributed by atoms with E-state index in [-0.39, 0.29) is 17.2 Å². The van der Waals surface area contributed by atoms with Gasteiger partial charge >= 0.3 is 0 Å². The molecule has 8 heteroatoms. The van der Waals surface area contributed by atoms with E-state index in [9.17, 15) is 14.0 Å². The van der Waals surface area contributed by atoms with Gasteiger partial charge in [0.1, 0.15) is 11.6 Å². The van der Waals surface area contributed by atoms with Crippen molar-refractivity contribution in [3.8, 4) is 5.75 Å². The van der Waals surface area contributed by atoms with Crippen LogP contribution in [0.3, 0.4) is 0 Å². The molecule has 0 aliphatic rings. The minimum atomic E-state index is -0.611. The number of benzene rings is 2. The molecule has 0 atom stereocenters. The number of carbonyl (C=O) groups is 2. The molecule has 0 saturated carbocycles. The first kappa shape index (κ1) is 17.4. The van der Waals surface area contributed by atoms with Crippen molar-refractivity contribution in [3.05, 3.63) is 64.4 Å². The molecule has 0 fully saturated rings. The Labute approximate surface area is 142 Å². The van der Waals surface area contributed by atoms with E-state index in [0.29, 0.717) is 11.3 Å². The predicted molar refractivity (Wildman–Crippen MR) is 87.6 cm³/mol. The average molecular weight is 350 g/mol. The van der Waals surface area contributed by atoms with Crippen molar-refractivity contribution in [2.75, 3.05) is 6.61 Å². The van der Waals surface area contributed by atoms with Crippen LogP contribution in [-0.2, 0) is 4.79 Å². The summed E-state index contributed by atoms with van der Waals surface area (Å²) in [6, 6.07) is 9.80. The Morgan fingerprint density at radius 2 is 1.96 bits per heavy atom. The highest BCUT2D eigenvalue weighted by molar-refractivity contribution is 6.32. The summed E-state index contributed by atoms with van der Waals surface area (Å²) >= 11 is 6.00.